The van der Waals surface area contributed by atoms with E-state index in [1.165, 1.54) is 6.42 Å². The van der Waals surface area contributed by atoms with Crippen molar-refractivity contribution in [3.63, 3.8) is 0 Å². The van der Waals surface area contributed by atoms with Gasteiger partial charge >= 0.3 is 0 Å². The second-order valence-electron chi connectivity index (χ2n) is 4.31. The molecule has 0 bridgehead atoms. The molecule has 0 aromatic rings. The molecule has 1 amide bonds. The maximum Gasteiger partial charge on any atom is 0.220 e. The minimum absolute atomic E-state index is 0.0277. The number of carbonyl (C=O) groups is 1. The molecule has 0 saturated carbocycles. The molecule has 1 aliphatic heterocycles. The molecule has 1 saturated heterocycles. The molecule has 2 atom stereocenters. The van der Waals surface area contributed by atoms with E-state index < -0.39 is 0 Å². The lowest BCUT2D eigenvalue weighted by molar-refractivity contribution is -0.122. The molecular weight excluding hydrogens is 192 g/mol. The maximum absolute atomic E-state index is 11.4. The molecule has 0 aromatic carbocycles. The van der Waals surface area contributed by atoms with Crippen LogP contribution >= 0.6 is 0 Å². The topological polar surface area (TPSA) is 64.3 Å². The number of hydrogen-bond acceptors (Lipinski definition) is 3. The highest BCUT2D eigenvalue weighted by molar-refractivity contribution is 5.75. The molecule has 2 unspecified atom stereocenters. The van der Waals surface area contributed by atoms with Gasteiger partial charge < -0.3 is 15.8 Å². The highest BCUT2D eigenvalue weighted by Gasteiger charge is 2.15. The number of nitrogens with two attached hydrogens (primary N) is 1. The zero-order chi connectivity index (χ0) is 11.1. The standard InChI is InChI=1S/C11H22N2O2/c1-9(12)8-13-11(14)6-5-10-4-2-3-7-15-10/h9-10H,2-8,12H2,1H3,(H,13,14). The monoisotopic (exact) mass is 214 g/mol. The summed E-state index contributed by atoms with van der Waals surface area (Å²) in [6.07, 6.45) is 5.17. The van der Waals surface area contributed by atoms with Crippen LogP contribution in [0.1, 0.15) is 39.0 Å². The Balaban J connectivity index is 2.05. The fraction of sp³-hybridized carbons (Fsp3) is 0.909. The summed E-state index contributed by atoms with van der Waals surface area (Å²) in [6.45, 7) is 3.29. The third kappa shape index (κ3) is 5.74. The Kier molecular flexibility index (Phi) is 5.65. The van der Waals surface area contributed by atoms with E-state index in [2.05, 4.69) is 5.32 Å². The SMILES string of the molecule is CC(N)CNC(=O)CCC1CCCCO1. The average Bonchev–Trinajstić information content (AvgIpc) is 2.25. The highest BCUT2D eigenvalue weighted by atomic mass is 16.5. The molecule has 1 aliphatic rings. The summed E-state index contributed by atoms with van der Waals surface area (Å²) >= 11 is 0. The van der Waals surface area contributed by atoms with Gasteiger partial charge in [-0.1, -0.05) is 0 Å². The zero-order valence-electron chi connectivity index (χ0n) is 9.50. The first-order chi connectivity index (χ1) is 7.18. The molecule has 1 heterocycles. The molecule has 0 spiro atoms. The lowest BCUT2D eigenvalue weighted by atomic mass is 10.0. The van der Waals surface area contributed by atoms with E-state index in [0.29, 0.717) is 19.1 Å². The Hall–Kier alpha value is -0.610. The van der Waals surface area contributed by atoms with Crippen LogP contribution in [0, 0.1) is 0 Å². The number of nitrogens with one attached hydrogen (secondary N) is 1. The van der Waals surface area contributed by atoms with Crippen LogP contribution in [0.5, 0.6) is 0 Å². The fourth-order valence-corrected chi connectivity index (χ4v) is 1.69. The first-order valence-electron chi connectivity index (χ1n) is 5.82. The van der Waals surface area contributed by atoms with Crippen LogP contribution in [0.3, 0.4) is 0 Å². The average molecular weight is 214 g/mol. The van der Waals surface area contributed by atoms with Crippen LogP contribution in [-0.4, -0.2) is 31.2 Å². The van der Waals surface area contributed by atoms with E-state index in [-0.39, 0.29) is 11.9 Å². The Morgan fingerprint density at radius 3 is 3.00 bits per heavy atom. The van der Waals surface area contributed by atoms with Gasteiger partial charge in [0.1, 0.15) is 0 Å². The lowest BCUT2D eigenvalue weighted by Crippen LogP contribution is -2.35. The summed E-state index contributed by atoms with van der Waals surface area (Å²) in [6, 6.07) is 0.0277. The van der Waals surface area contributed by atoms with Gasteiger partial charge in [-0.3, -0.25) is 4.79 Å². The molecular formula is C11H22N2O2. The number of hydrogen-bond donors (Lipinski definition) is 2. The van der Waals surface area contributed by atoms with E-state index in [4.69, 9.17) is 10.5 Å². The summed E-state index contributed by atoms with van der Waals surface area (Å²) in [5.41, 5.74) is 5.54. The van der Waals surface area contributed by atoms with Crippen LogP contribution in [0.2, 0.25) is 0 Å². The quantitative estimate of drug-likeness (QED) is 0.711. The minimum atomic E-state index is 0.0277. The number of amides is 1. The maximum atomic E-state index is 11.4. The van der Waals surface area contributed by atoms with Gasteiger partial charge in [-0.15, -0.1) is 0 Å². The molecule has 3 N–H and O–H groups in total. The Labute approximate surface area is 91.5 Å². The van der Waals surface area contributed by atoms with Gasteiger partial charge in [0.2, 0.25) is 5.91 Å². The number of ether oxygens (including phenoxy) is 1. The molecule has 1 fully saturated rings. The van der Waals surface area contributed by atoms with Crippen molar-refractivity contribution in [3.8, 4) is 0 Å². The third-order valence-corrected chi connectivity index (χ3v) is 2.59. The van der Waals surface area contributed by atoms with Crippen molar-refractivity contribution in [2.24, 2.45) is 5.73 Å². The Bertz CT molecular complexity index is 189. The van der Waals surface area contributed by atoms with E-state index in [0.717, 1.165) is 25.9 Å². The van der Waals surface area contributed by atoms with Gasteiger partial charge in [-0.05, 0) is 32.6 Å². The van der Waals surface area contributed by atoms with Crippen LogP contribution in [0.4, 0.5) is 0 Å². The van der Waals surface area contributed by atoms with Gasteiger partial charge in [-0.25, -0.2) is 0 Å². The van der Waals surface area contributed by atoms with Crippen LogP contribution in [0.25, 0.3) is 0 Å². The minimum Gasteiger partial charge on any atom is -0.378 e. The predicted octanol–water partition coefficient (Wildman–Crippen LogP) is 0.799. The van der Waals surface area contributed by atoms with E-state index >= 15 is 0 Å². The van der Waals surface area contributed by atoms with Crippen molar-refractivity contribution < 1.29 is 9.53 Å². The van der Waals surface area contributed by atoms with E-state index in [9.17, 15) is 4.79 Å². The smallest absolute Gasteiger partial charge is 0.220 e. The summed E-state index contributed by atoms with van der Waals surface area (Å²) in [5, 5.41) is 2.80. The second kappa shape index (κ2) is 6.80. The van der Waals surface area contributed by atoms with Gasteiger partial charge in [0.25, 0.3) is 0 Å². The van der Waals surface area contributed by atoms with E-state index in [1.54, 1.807) is 0 Å². The van der Waals surface area contributed by atoms with Gasteiger partial charge in [0.15, 0.2) is 0 Å². The Morgan fingerprint density at radius 1 is 1.60 bits per heavy atom. The van der Waals surface area contributed by atoms with Crippen molar-refractivity contribution in [1.82, 2.24) is 5.32 Å². The number of carbonyl (C=O) groups excluding carboxylic acids is 1. The van der Waals surface area contributed by atoms with Gasteiger partial charge in [0.05, 0.1) is 6.10 Å². The Morgan fingerprint density at radius 2 is 2.40 bits per heavy atom. The molecule has 1 rings (SSSR count). The van der Waals surface area contributed by atoms with Crippen LogP contribution < -0.4 is 11.1 Å². The molecule has 0 aliphatic carbocycles. The van der Waals surface area contributed by atoms with E-state index in [1.807, 2.05) is 6.92 Å². The molecule has 88 valence electrons. The number of rotatable bonds is 5. The first kappa shape index (κ1) is 12.5. The molecule has 15 heavy (non-hydrogen) atoms. The normalized spacial score (nSPS) is 23.5. The second-order valence-corrected chi connectivity index (χ2v) is 4.31. The zero-order valence-corrected chi connectivity index (χ0v) is 9.50. The summed E-state index contributed by atoms with van der Waals surface area (Å²) in [5.74, 6) is 0.0847. The molecule has 0 radical (unpaired) electrons. The van der Waals surface area contributed by atoms with Crippen molar-refractivity contribution in [2.75, 3.05) is 13.2 Å². The van der Waals surface area contributed by atoms with Crippen molar-refractivity contribution in [1.29, 1.82) is 0 Å². The molecule has 0 aromatic heterocycles. The van der Waals surface area contributed by atoms with Gasteiger partial charge in [-0.2, -0.15) is 0 Å². The third-order valence-electron chi connectivity index (χ3n) is 2.59. The summed E-state index contributed by atoms with van der Waals surface area (Å²) in [7, 11) is 0. The molecule has 4 heteroatoms. The lowest BCUT2D eigenvalue weighted by Gasteiger charge is -2.22. The predicted molar refractivity (Wildman–Crippen MR) is 59.5 cm³/mol. The van der Waals surface area contributed by atoms with Crippen LogP contribution in [-0.2, 0) is 9.53 Å². The van der Waals surface area contributed by atoms with Gasteiger partial charge in [0, 0.05) is 25.6 Å². The fourth-order valence-electron chi connectivity index (χ4n) is 1.69. The molecule has 4 nitrogen and oxygen atoms in total. The van der Waals surface area contributed by atoms with Crippen molar-refractivity contribution in [2.45, 2.75) is 51.2 Å². The largest absolute Gasteiger partial charge is 0.378 e. The first-order valence-corrected chi connectivity index (χ1v) is 5.82. The summed E-state index contributed by atoms with van der Waals surface area (Å²) in [4.78, 5) is 11.4. The summed E-state index contributed by atoms with van der Waals surface area (Å²) < 4.78 is 5.55. The van der Waals surface area contributed by atoms with Crippen molar-refractivity contribution >= 4 is 5.91 Å². The highest BCUT2D eigenvalue weighted by Crippen LogP contribution is 2.16. The van der Waals surface area contributed by atoms with Crippen LogP contribution in [0.15, 0.2) is 0 Å². The van der Waals surface area contributed by atoms with Crippen molar-refractivity contribution in [3.05, 3.63) is 0 Å².